The van der Waals surface area contributed by atoms with Gasteiger partial charge in [0.2, 0.25) is 0 Å². The van der Waals surface area contributed by atoms with Crippen molar-refractivity contribution in [1.29, 1.82) is 0 Å². The van der Waals surface area contributed by atoms with Gasteiger partial charge in [0, 0.05) is 25.8 Å². The van der Waals surface area contributed by atoms with Gasteiger partial charge in [-0.3, -0.25) is 0 Å². The second kappa shape index (κ2) is 7.43. The fraction of sp³-hybridized carbons (Fsp3) is 1.00. The largest absolute Gasteiger partial charge is 0.354 e. The smallest absolute Gasteiger partial charge is 0.156 e. The number of hydrogen-bond acceptors (Lipinski definition) is 3. The van der Waals surface area contributed by atoms with E-state index < -0.39 is 5.41 Å². The van der Waals surface area contributed by atoms with Gasteiger partial charge >= 0.3 is 0 Å². The van der Waals surface area contributed by atoms with Crippen LogP contribution in [0, 0.1) is 0 Å². The summed E-state index contributed by atoms with van der Waals surface area (Å²) in [5, 5.41) is 3.53. The second-order valence-corrected chi connectivity index (χ2v) is 5.10. The Bertz CT molecular complexity index is 178. The standard InChI is InChI=1S/C12H24NO2Si/c1-3-14-12(16,15-4-2)10-13-11-8-6-5-7-9-11/h11,13H,3-10H2,1-2H3. The van der Waals surface area contributed by atoms with Gasteiger partial charge in [0.25, 0.3) is 0 Å². The van der Waals surface area contributed by atoms with Gasteiger partial charge in [-0.2, -0.15) is 0 Å². The maximum absolute atomic E-state index is 5.59. The second-order valence-electron chi connectivity index (χ2n) is 4.33. The highest BCUT2D eigenvalue weighted by Gasteiger charge is 2.26. The molecule has 0 amide bonds. The lowest BCUT2D eigenvalue weighted by atomic mass is 9.95. The molecule has 3 radical (unpaired) electrons. The molecule has 1 aliphatic carbocycles. The van der Waals surface area contributed by atoms with Crippen molar-refractivity contribution in [3.05, 3.63) is 0 Å². The molecule has 0 aliphatic heterocycles. The molecule has 0 aromatic rings. The van der Waals surface area contributed by atoms with Crippen molar-refractivity contribution >= 4 is 10.2 Å². The summed E-state index contributed by atoms with van der Waals surface area (Å²) in [7, 11) is 3.58. The summed E-state index contributed by atoms with van der Waals surface area (Å²) in [5.41, 5.74) is -0.652. The Kier molecular flexibility index (Phi) is 6.57. The zero-order chi connectivity index (χ0) is 11.9. The van der Waals surface area contributed by atoms with Crippen molar-refractivity contribution in [3.8, 4) is 0 Å². The Morgan fingerprint density at radius 2 is 1.69 bits per heavy atom. The molecular weight excluding hydrogens is 218 g/mol. The van der Waals surface area contributed by atoms with Crippen LogP contribution in [0.2, 0.25) is 0 Å². The van der Waals surface area contributed by atoms with Gasteiger partial charge in [0.1, 0.15) is 10.2 Å². The van der Waals surface area contributed by atoms with Gasteiger partial charge in [-0.15, -0.1) is 0 Å². The van der Waals surface area contributed by atoms with Crippen LogP contribution >= 0.6 is 0 Å². The van der Waals surface area contributed by atoms with E-state index >= 15 is 0 Å². The summed E-state index contributed by atoms with van der Waals surface area (Å²) in [6.45, 7) is 5.96. The fourth-order valence-corrected chi connectivity index (χ4v) is 2.59. The molecule has 0 aromatic carbocycles. The zero-order valence-electron chi connectivity index (χ0n) is 10.6. The van der Waals surface area contributed by atoms with Gasteiger partial charge in [-0.1, -0.05) is 19.3 Å². The van der Waals surface area contributed by atoms with Crippen LogP contribution in [0.25, 0.3) is 0 Å². The normalized spacial score (nSPS) is 18.9. The lowest BCUT2D eigenvalue weighted by molar-refractivity contribution is -0.170. The molecule has 1 saturated carbocycles. The number of nitrogens with one attached hydrogen (secondary N) is 1. The van der Waals surface area contributed by atoms with Gasteiger partial charge in [0.15, 0.2) is 5.41 Å². The summed E-state index contributed by atoms with van der Waals surface area (Å²) in [5.74, 6) is 0. The molecule has 0 heterocycles. The highest BCUT2D eigenvalue weighted by atomic mass is 28.1. The third-order valence-corrected chi connectivity index (χ3v) is 3.45. The molecule has 93 valence electrons. The first-order valence-corrected chi connectivity index (χ1v) is 6.96. The molecule has 0 unspecified atom stereocenters. The molecule has 1 N–H and O–H groups in total. The van der Waals surface area contributed by atoms with E-state index in [1.165, 1.54) is 32.1 Å². The van der Waals surface area contributed by atoms with Crippen LogP contribution in [0.1, 0.15) is 46.0 Å². The highest BCUT2D eigenvalue weighted by molar-refractivity contribution is 6.13. The molecular formula is C12H24NO2Si. The molecule has 0 saturated heterocycles. The number of ether oxygens (including phenoxy) is 2. The van der Waals surface area contributed by atoms with Crippen LogP contribution in [-0.4, -0.2) is 41.5 Å². The first kappa shape index (κ1) is 14.2. The molecule has 16 heavy (non-hydrogen) atoms. The maximum Gasteiger partial charge on any atom is 0.156 e. The number of hydrogen-bond donors (Lipinski definition) is 1. The van der Waals surface area contributed by atoms with Crippen molar-refractivity contribution in [2.75, 3.05) is 19.8 Å². The van der Waals surface area contributed by atoms with Crippen molar-refractivity contribution in [3.63, 3.8) is 0 Å². The topological polar surface area (TPSA) is 30.5 Å². The molecule has 3 nitrogen and oxygen atoms in total. The lowest BCUT2D eigenvalue weighted by Crippen LogP contribution is -2.49. The monoisotopic (exact) mass is 242 g/mol. The minimum absolute atomic E-state index is 0.630. The molecule has 0 bridgehead atoms. The zero-order valence-corrected chi connectivity index (χ0v) is 11.6. The SMILES string of the molecule is CCOC([Si])(CNC1CCCCC1)OCC. The van der Waals surface area contributed by atoms with E-state index in [-0.39, 0.29) is 0 Å². The van der Waals surface area contributed by atoms with E-state index in [0.29, 0.717) is 25.8 Å². The van der Waals surface area contributed by atoms with Crippen LogP contribution in [0.3, 0.4) is 0 Å². The van der Waals surface area contributed by atoms with E-state index in [1.54, 1.807) is 0 Å². The van der Waals surface area contributed by atoms with Crippen molar-refractivity contribution in [2.24, 2.45) is 0 Å². The van der Waals surface area contributed by atoms with Crippen LogP contribution in [0.15, 0.2) is 0 Å². The Morgan fingerprint density at radius 1 is 1.12 bits per heavy atom. The van der Waals surface area contributed by atoms with Crippen LogP contribution in [-0.2, 0) is 9.47 Å². The summed E-state index contributed by atoms with van der Waals surface area (Å²) in [6.07, 6.45) is 6.63. The minimum Gasteiger partial charge on any atom is -0.354 e. The summed E-state index contributed by atoms with van der Waals surface area (Å²) < 4.78 is 11.2. The fourth-order valence-electron chi connectivity index (χ4n) is 2.20. The third kappa shape index (κ3) is 4.95. The molecule has 4 heteroatoms. The highest BCUT2D eigenvalue weighted by Crippen LogP contribution is 2.18. The average molecular weight is 242 g/mol. The predicted octanol–water partition coefficient (Wildman–Crippen LogP) is 1.80. The molecule has 0 atom stereocenters. The van der Waals surface area contributed by atoms with Crippen molar-refractivity contribution in [1.82, 2.24) is 5.32 Å². The summed E-state index contributed by atoms with van der Waals surface area (Å²) in [6, 6.07) is 0.630. The van der Waals surface area contributed by atoms with Crippen LogP contribution in [0.5, 0.6) is 0 Å². The van der Waals surface area contributed by atoms with E-state index in [2.05, 4.69) is 15.6 Å². The Hall–Kier alpha value is 0.0969. The van der Waals surface area contributed by atoms with Crippen molar-refractivity contribution in [2.45, 2.75) is 57.4 Å². The molecule has 1 rings (SSSR count). The third-order valence-electron chi connectivity index (χ3n) is 2.98. The predicted molar refractivity (Wildman–Crippen MR) is 66.6 cm³/mol. The average Bonchev–Trinajstić information content (AvgIpc) is 2.29. The molecule has 1 fully saturated rings. The van der Waals surface area contributed by atoms with E-state index in [1.807, 2.05) is 13.8 Å². The summed E-state index contributed by atoms with van der Waals surface area (Å²) >= 11 is 0. The Labute approximate surface area is 103 Å². The molecule has 0 aromatic heterocycles. The maximum atomic E-state index is 5.59. The van der Waals surface area contributed by atoms with Gasteiger partial charge < -0.3 is 14.8 Å². The number of rotatable bonds is 7. The quantitative estimate of drug-likeness (QED) is 0.545. The van der Waals surface area contributed by atoms with Crippen LogP contribution < -0.4 is 5.32 Å². The Balaban J connectivity index is 2.30. The van der Waals surface area contributed by atoms with Gasteiger partial charge in [0.05, 0.1) is 0 Å². The Morgan fingerprint density at radius 3 is 2.19 bits per heavy atom. The lowest BCUT2D eigenvalue weighted by Gasteiger charge is -2.32. The summed E-state index contributed by atoms with van der Waals surface area (Å²) in [4.78, 5) is 0. The van der Waals surface area contributed by atoms with E-state index in [9.17, 15) is 0 Å². The molecule has 0 spiro atoms. The van der Waals surface area contributed by atoms with Crippen LogP contribution in [0.4, 0.5) is 0 Å². The van der Waals surface area contributed by atoms with Crippen molar-refractivity contribution < 1.29 is 9.47 Å². The molecule has 1 aliphatic rings. The van der Waals surface area contributed by atoms with Gasteiger partial charge in [-0.05, 0) is 26.7 Å². The van der Waals surface area contributed by atoms with Gasteiger partial charge in [-0.25, -0.2) is 0 Å². The first-order valence-electron chi connectivity index (χ1n) is 6.46. The van der Waals surface area contributed by atoms with E-state index in [4.69, 9.17) is 9.47 Å². The van der Waals surface area contributed by atoms with E-state index in [0.717, 1.165) is 0 Å². The minimum atomic E-state index is -0.652. The first-order chi connectivity index (χ1) is 7.70.